The Hall–Kier alpha value is -1.06. The van der Waals surface area contributed by atoms with Crippen LogP contribution >= 0.6 is 0 Å². The Labute approximate surface area is 83.9 Å². The number of carbonyl (C=O) groups excluding carboxylic acids is 2. The maximum absolute atomic E-state index is 11.8. The second-order valence-corrected chi connectivity index (χ2v) is 4.00. The van der Waals surface area contributed by atoms with E-state index in [1.807, 2.05) is 11.8 Å². The van der Waals surface area contributed by atoms with Crippen molar-refractivity contribution in [3.05, 3.63) is 0 Å². The van der Waals surface area contributed by atoms with Crippen molar-refractivity contribution in [1.29, 1.82) is 0 Å². The first-order chi connectivity index (χ1) is 6.74. The van der Waals surface area contributed by atoms with Gasteiger partial charge in [0.1, 0.15) is 0 Å². The highest BCUT2D eigenvalue weighted by atomic mass is 16.2. The number of carbonyl (C=O) groups is 2. The Bertz CT molecular complexity index is 261. The van der Waals surface area contributed by atoms with E-state index in [4.69, 9.17) is 0 Å². The van der Waals surface area contributed by atoms with Gasteiger partial charge >= 0.3 is 6.03 Å². The van der Waals surface area contributed by atoms with Crippen LogP contribution in [0.5, 0.6) is 0 Å². The molecule has 2 rings (SSSR count). The SMILES string of the molecule is CCCN1C(=O)CCN(C2CC2)C1=O. The van der Waals surface area contributed by atoms with Gasteiger partial charge in [-0.25, -0.2) is 4.79 Å². The van der Waals surface area contributed by atoms with E-state index < -0.39 is 0 Å². The number of hydrogen-bond acceptors (Lipinski definition) is 2. The minimum Gasteiger partial charge on any atom is -0.321 e. The van der Waals surface area contributed by atoms with Crippen LogP contribution in [0.25, 0.3) is 0 Å². The van der Waals surface area contributed by atoms with Gasteiger partial charge in [-0.1, -0.05) is 6.92 Å². The first-order valence-electron chi connectivity index (χ1n) is 5.35. The lowest BCUT2D eigenvalue weighted by Crippen LogP contribution is -2.53. The molecule has 2 fully saturated rings. The molecule has 0 aromatic carbocycles. The van der Waals surface area contributed by atoms with Crippen LogP contribution in [0, 0.1) is 0 Å². The van der Waals surface area contributed by atoms with E-state index in [9.17, 15) is 9.59 Å². The standard InChI is InChI=1S/C10H16N2O2/c1-2-6-12-9(13)5-7-11(10(12)14)8-3-4-8/h8H,2-7H2,1H3. The molecule has 0 bridgehead atoms. The van der Waals surface area contributed by atoms with Gasteiger partial charge in [0.2, 0.25) is 5.91 Å². The maximum Gasteiger partial charge on any atom is 0.326 e. The zero-order valence-electron chi connectivity index (χ0n) is 8.53. The van der Waals surface area contributed by atoms with E-state index >= 15 is 0 Å². The molecular weight excluding hydrogens is 180 g/mol. The normalized spacial score (nSPS) is 23.2. The van der Waals surface area contributed by atoms with Crippen LogP contribution in [-0.4, -0.2) is 40.9 Å². The van der Waals surface area contributed by atoms with Crippen molar-refractivity contribution < 1.29 is 9.59 Å². The number of rotatable bonds is 3. The summed E-state index contributed by atoms with van der Waals surface area (Å²) >= 11 is 0. The van der Waals surface area contributed by atoms with E-state index in [2.05, 4.69) is 0 Å². The average molecular weight is 196 g/mol. The van der Waals surface area contributed by atoms with Gasteiger partial charge in [-0.2, -0.15) is 0 Å². The molecular formula is C10H16N2O2. The minimum atomic E-state index is -0.0643. The van der Waals surface area contributed by atoms with E-state index in [1.165, 1.54) is 4.90 Å². The molecule has 4 heteroatoms. The number of urea groups is 1. The van der Waals surface area contributed by atoms with Crippen LogP contribution in [0.3, 0.4) is 0 Å². The van der Waals surface area contributed by atoms with E-state index in [0.717, 1.165) is 19.3 Å². The number of amides is 3. The fourth-order valence-corrected chi connectivity index (χ4v) is 1.88. The highest BCUT2D eigenvalue weighted by molar-refractivity contribution is 5.97. The Morgan fingerprint density at radius 2 is 2.07 bits per heavy atom. The monoisotopic (exact) mass is 196 g/mol. The molecule has 1 heterocycles. The van der Waals surface area contributed by atoms with E-state index in [0.29, 0.717) is 25.6 Å². The van der Waals surface area contributed by atoms with Crippen LogP contribution in [0.1, 0.15) is 32.6 Å². The predicted molar refractivity (Wildman–Crippen MR) is 51.7 cm³/mol. The largest absolute Gasteiger partial charge is 0.326 e. The van der Waals surface area contributed by atoms with Gasteiger partial charge in [-0.15, -0.1) is 0 Å². The summed E-state index contributed by atoms with van der Waals surface area (Å²) < 4.78 is 0. The van der Waals surface area contributed by atoms with Crippen LogP contribution in [0.15, 0.2) is 0 Å². The van der Waals surface area contributed by atoms with Gasteiger partial charge in [0.25, 0.3) is 0 Å². The molecule has 2 aliphatic rings. The van der Waals surface area contributed by atoms with Gasteiger partial charge in [0.15, 0.2) is 0 Å². The molecule has 0 radical (unpaired) electrons. The smallest absolute Gasteiger partial charge is 0.321 e. The quantitative estimate of drug-likeness (QED) is 0.680. The van der Waals surface area contributed by atoms with Crippen molar-refractivity contribution in [3.63, 3.8) is 0 Å². The lowest BCUT2D eigenvalue weighted by atomic mass is 10.2. The molecule has 0 N–H and O–H groups in total. The zero-order chi connectivity index (χ0) is 10.1. The second kappa shape index (κ2) is 3.59. The van der Waals surface area contributed by atoms with Crippen molar-refractivity contribution in [2.24, 2.45) is 0 Å². The molecule has 0 aromatic rings. The molecule has 4 nitrogen and oxygen atoms in total. The lowest BCUT2D eigenvalue weighted by Gasteiger charge is -2.34. The zero-order valence-corrected chi connectivity index (χ0v) is 8.53. The Morgan fingerprint density at radius 1 is 1.36 bits per heavy atom. The third-order valence-electron chi connectivity index (χ3n) is 2.78. The second-order valence-electron chi connectivity index (χ2n) is 4.00. The van der Waals surface area contributed by atoms with Crippen molar-refractivity contribution >= 4 is 11.9 Å². The van der Waals surface area contributed by atoms with Gasteiger partial charge in [-0.3, -0.25) is 9.69 Å². The number of imide groups is 1. The van der Waals surface area contributed by atoms with E-state index in [1.54, 1.807) is 0 Å². The Kier molecular flexibility index (Phi) is 2.44. The number of hydrogen-bond donors (Lipinski definition) is 0. The topological polar surface area (TPSA) is 40.6 Å². The minimum absolute atomic E-state index is 0.00579. The summed E-state index contributed by atoms with van der Waals surface area (Å²) in [4.78, 5) is 26.6. The lowest BCUT2D eigenvalue weighted by molar-refractivity contribution is -0.131. The Balaban J connectivity index is 2.04. The number of nitrogens with zero attached hydrogens (tertiary/aromatic N) is 2. The molecule has 1 aliphatic carbocycles. The molecule has 3 amide bonds. The summed E-state index contributed by atoms with van der Waals surface area (Å²) in [6.07, 6.45) is 3.57. The molecule has 1 saturated heterocycles. The van der Waals surface area contributed by atoms with Crippen LogP contribution < -0.4 is 0 Å². The Morgan fingerprint density at radius 3 is 2.64 bits per heavy atom. The summed E-state index contributed by atoms with van der Waals surface area (Å²) in [5, 5.41) is 0. The van der Waals surface area contributed by atoms with Crippen molar-refractivity contribution in [2.45, 2.75) is 38.6 Å². The molecule has 78 valence electrons. The fourth-order valence-electron chi connectivity index (χ4n) is 1.88. The highest BCUT2D eigenvalue weighted by Gasteiger charge is 2.39. The summed E-state index contributed by atoms with van der Waals surface area (Å²) in [6.45, 7) is 3.18. The first kappa shape index (κ1) is 9.49. The summed E-state index contributed by atoms with van der Waals surface area (Å²) in [5.74, 6) is -0.00579. The van der Waals surface area contributed by atoms with Crippen LogP contribution in [0.2, 0.25) is 0 Å². The highest BCUT2D eigenvalue weighted by Crippen LogP contribution is 2.29. The molecule has 0 spiro atoms. The van der Waals surface area contributed by atoms with Crippen molar-refractivity contribution in [2.75, 3.05) is 13.1 Å². The fraction of sp³-hybridized carbons (Fsp3) is 0.800. The van der Waals surface area contributed by atoms with E-state index in [-0.39, 0.29) is 11.9 Å². The van der Waals surface area contributed by atoms with Gasteiger partial charge in [-0.05, 0) is 19.3 Å². The molecule has 1 saturated carbocycles. The summed E-state index contributed by atoms with van der Waals surface area (Å²) in [5.41, 5.74) is 0. The van der Waals surface area contributed by atoms with Crippen LogP contribution in [0.4, 0.5) is 4.79 Å². The third-order valence-corrected chi connectivity index (χ3v) is 2.78. The van der Waals surface area contributed by atoms with Crippen LogP contribution in [-0.2, 0) is 4.79 Å². The molecule has 1 aliphatic heterocycles. The average Bonchev–Trinajstić information content (AvgIpc) is 2.96. The summed E-state index contributed by atoms with van der Waals surface area (Å²) in [6, 6.07) is 0.362. The van der Waals surface area contributed by atoms with Crippen molar-refractivity contribution in [1.82, 2.24) is 9.80 Å². The molecule has 0 aromatic heterocycles. The maximum atomic E-state index is 11.8. The van der Waals surface area contributed by atoms with Gasteiger partial charge < -0.3 is 4.90 Å². The predicted octanol–water partition coefficient (Wildman–Crippen LogP) is 1.21. The van der Waals surface area contributed by atoms with Gasteiger partial charge in [0.05, 0.1) is 0 Å². The molecule has 0 atom stereocenters. The first-order valence-corrected chi connectivity index (χ1v) is 5.35. The third kappa shape index (κ3) is 1.61. The molecule has 0 unspecified atom stereocenters. The molecule has 14 heavy (non-hydrogen) atoms. The van der Waals surface area contributed by atoms with Crippen molar-refractivity contribution in [3.8, 4) is 0 Å². The van der Waals surface area contributed by atoms with Gasteiger partial charge in [0, 0.05) is 25.6 Å². The summed E-state index contributed by atoms with van der Waals surface area (Å²) in [7, 11) is 0.